The van der Waals surface area contributed by atoms with Crippen LogP contribution in [0.5, 0.6) is 0 Å². The maximum Gasteiger partial charge on any atom is 0.0199 e. The summed E-state index contributed by atoms with van der Waals surface area (Å²) in [6.07, 6.45) is 3.59. The van der Waals surface area contributed by atoms with Gasteiger partial charge in [0.2, 0.25) is 0 Å². The van der Waals surface area contributed by atoms with Crippen LogP contribution in [-0.4, -0.2) is 24.0 Å². The second-order valence-electron chi connectivity index (χ2n) is 3.24. The van der Waals surface area contributed by atoms with Gasteiger partial charge in [-0.1, -0.05) is 18.6 Å². The molecule has 0 N–H and O–H groups in total. The fourth-order valence-electron chi connectivity index (χ4n) is 1.29. The first kappa shape index (κ1) is 7.80. The van der Waals surface area contributed by atoms with Crippen LogP contribution in [0.4, 0.5) is 0 Å². The molecule has 0 unspecified atom stereocenters. The summed E-state index contributed by atoms with van der Waals surface area (Å²) in [4.78, 5) is 2.48. The lowest BCUT2D eigenvalue weighted by Gasteiger charge is -2.19. The van der Waals surface area contributed by atoms with E-state index in [9.17, 15) is 0 Å². The first-order valence-electron chi connectivity index (χ1n) is 4.16. The van der Waals surface area contributed by atoms with Crippen LogP contribution >= 0.6 is 0 Å². The Morgan fingerprint density at radius 2 is 2.30 bits per heavy atom. The van der Waals surface area contributed by atoms with Crippen molar-refractivity contribution in [1.29, 1.82) is 0 Å². The zero-order valence-electron chi connectivity index (χ0n) is 7.22. The molecule has 0 radical (unpaired) electrons. The highest BCUT2D eigenvalue weighted by molar-refractivity contribution is 5.11. The Morgan fingerprint density at radius 3 is 2.60 bits per heavy atom. The Morgan fingerprint density at radius 1 is 1.60 bits per heavy atom. The first-order chi connectivity index (χ1) is 4.74. The summed E-state index contributed by atoms with van der Waals surface area (Å²) < 4.78 is 0. The minimum absolute atomic E-state index is 0.709. The van der Waals surface area contributed by atoms with Crippen LogP contribution in [-0.2, 0) is 0 Å². The highest BCUT2D eigenvalue weighted by Crippen LogP contribution is 2.13. The van der Waals surface area contributed by atoms with Crippen molar-refractivity contribution in [2.24, 2.45) is 0 Å². The molecule has 0 atom stereocenters. The summed E-state index contributed by atoms with van der Waals surface area (Å²) in [7, 11) is 0. The molecule has 1 rings (SSSR count). The highest BCUT2D eigenvalue weighted by Gasteiger charge is 2.14. The van der Waals surface area contributed by atoms with E-state index in [1.165, 1.54) is 19.5 Å². The Labute approximate surface area is 63.7 Å². The van der Waals surface area contributed by atoms with Gasteiger partial charge in [0, 0.05) is 19.1 Å². The lowest BCUT2D eigenvalue weighted by Crippen LogP contribution is -2.28. The molecule has 0 aliphatic carbocycles. The number of rotatable bonds is 2. The molecule has 0 fully saturated rings. The van der Waals surface area contributed by atoms with E-state index >= 15 is 0 Å². The third-order valence-corrected chi connectivity index (χ3v) is 2.21. The van der Waals surface area contributed by atoms with E-state index in [-0.39, 0.29) is 0 Å². The molecule has 1 heteroatoms. The summed E-state index contributed by atoms with van der Waals surface area (Å²) in [6.45, 7) is 9.11. The first-order valence-corrected chi connectivity index (χ1v) is 4.16. The van der Waals surface area contributed by atoms with Crippen molar-refractivity contribution in [3.8, 4) is 0 Å². The molecule has 0 aromatic heterocycles. The van der Waals surface area contributed by atoms with Crippen LogP contribution in [0.15, 0.2) is 11.6 Å². The summed E-state index contributed by atoms with van der Waals surface area (Å²) in [5.41, 5.74) is 1.61. The number of nitrogens with zero attached hydrogens (tertiary/aromatic N) is 1. The van der Waals surface area contributed by atoms with Crippen molar-refractivity contribution in [3.05, 3.63) is 11.6 Å². The SMILES string of the molecule is CCC1=CCN(C(C)C)C1. The van der Waals surface area contributed by atoms with Crippen molar-refractivity contribution >= 4 is 0 Å². The molecule has 58 valence electrons. The van der Waals surface area contributed by atoms with E-state index in [2.05, 4.69) is 31.7 Å². The monoisotopic (exact) mass is 139 g/mol. The number of hydrogen-bond donors (Lipinski definition) is 0. The Hall–Kier alpha value is -0.300. The maximum absolute atomic E-state index is 2.48. The Bertz CT molecular complexity index is 136. The molecule has 0 saturated carbocycles. The summed E-state index contributed by atoms with van der Waals surface area (Å²) >= 11 is 0. The molecule has 1 heterocycles. The molecule has 0 spiro atoms. The Kier molecular flexibility index (Phi) is 2.50. The van der Waals surface area contributed by atoms with Crippen molar-refractivity contribution in [3.63, 3.8) is 0 Å². The van der Waals surface area contributed by atoms with Crippen molar-refractivity contribution in [2.75, 3.05) is 13.1 Å². The average molecular weight is 139 g/mol. The third kappa shape index (κ3) is 1.60. The maximum atomic E-state index is 2.48. The topological polar surface area (TPSA) is 3.24 Å². The zero-order valence-corrected chi connectivity index (χ0v) is 7.22. The quantitative estimate of drug-likeness (QED) is 0.529. The molecule has 0 aromatic carbocycles. The van der Waals surface area contributed by atoms with Gasteiger partial charge in [-0.25, -0.2) is 0 Å². The molecule has 0 bridgehead atoms. The summed E-state index contributed by atoms with van der Waals surface area (Å²) in [5.74, 6) is 0. The van der Waals surface area contributed by atoms with E-state index in [1.807, 2.05) is 0 Å². The van der Waals surface area contributed by atoms with E-state index in [0.29, 0.717) is 6.04 Å². The van der Waals surface area contributed by atoms with E-state index < -0.39 is 0 Å². The van der Waals surface area contributed by atoms with Gasteiger partial charge in [0.15, 0.2) is 0 Å². The van der Waals surface area contributed by atoms with Gasteiger partial charge in [-0.05, 0) is 20.3 Å². The lowest BCUT2D eigenvalue weighted by molar-refractivity contribution is 0.283. The van der Waals surface area contributed by atoms with Gasteiger partial charge in [-0.15, -0.1) is 0 Å². The van der Waals surface area contributed by atoms with Crippen LogP contribution in [0.3, 0.4) is 0 Å². The van der Waals surface area contributed by atoms with Crippen LogP contribution < -0.4 is 0 Å². The van der Waals surface area contributed by atoms with Crippen LogP contribution in [0.25, 0.3) is 0 Å². The fraction of sp³-hybridized carbons (Fsp3) is 0.778. The van der Waals surface area contributed by atoms with Crippen molar-refractivity contribution in [2.45, 2.75) is 33.2 Å². The van der Waals surface area contributed by atoms with Crippen LogP contribution in [0, 0.1) is 0 Å². The van der Waals surface area contributed by atoms with Gasteiger partial charge >= 0.3 is 0 Å². The Balaban J connectivity index is 2.36. The van der Waals surface area contributed by atoms with Gasteiger partial charge in [-0.3, -0.25) is 4.90 Å². The van der Waals surface area contributed by atoms with Crippen molar-refractivity contribution in [1.82, 2.24) is 4.90 Å². The summed E-state index contributed by atoms with van der Waals surface area (Å²) in [6, 6.07) is 0.709. The predicted molar refractivity (Wildman–Crippen MR) is 45.1 cm³/mol. The molecule has 0 amide bonds. The molecular weight excluding hydrogens is 122 g/mol. The molecular formula is C9H17N. The smallest absolute Gasteiger partial charge is 0.0199 e. The summed E-state index contributed by atoms with van der Waals surface area (Å²) in [5, 5.41) is 0. The van der Waals surface area contributed by atoms with Gasteiger partial charge in [0.05, 0.1) is 0 Å². The van der Waals surface area contributed by atoms with Gasteiger partial charge < -0.3 is 0 Å². The minimum atomic E-state index is 0.709. The second-order valence-corrected chi connectivity index (χ2v) is 3.24. The number of hydrogen-bond acceptors (Lipinski definition) is 1. The molecule has 1 nitrogen and oxygen atoms in total. The van der Waals surface area contributed by atoms with E-state index in [0.717, 1.165) is 0 Å². The van der Waals surface area contributed by atoms with Gasteiger partial charge in [-0.2, -0.15) is 0 Å². The molecule has 0 aromatic rings. The zero-order chi connectivity index (χ0) is 7.56. The minimum Gasteiger partial charge on any atom is -0.293 e. The predicted octanol–water partition coefficient (Wildman–Crippen LogP) is 2.05. The average Bonchev–Trinajstić information content (AvgIpc) is 2.34. The highest BCUT2D eigenvalue weighted by atomic mass is 15.2. The van der Waals surface area contributed by atoms with Crippen LogP contribution in [0.2, 0.25) is 0 Å². The van der Waals surface area contributed by atoms with Gasteiger partial charge in [0.25, 0.3) is 0 Å². The van der Waals surface area contributed by atoms with E-state index in [4.69, 9.17) is 0 Å². The molecule has 1 aliphatic heterocycles. The van der Waals surface area contributed by atoms with E-state index in [1.54, 1.807) is 5.57 Å². The second kappa shape index (κ2) is 3.20. The molecule has 10 heavy (non-hydrogen) atoms. The van der Waals surface area contributed by atoms with Gasteiger partial charge in [0.1, 0.15) is 0 Å². The van der Waals surface area contributed by atoms with Crippen molar-refractivity contribution < 1.29 is 0 Å². The fourth-order valence-corrected chi connectivity index (χ4v) is 1.29. The third-order valence-electron chi connectivity index (χ3n) is 2.21. The van der Waals surface area contributed by atoms with Crippen LogP contribution in [0.1, 0.15) is 27.2 Å². The molecule has 1 aliphatic rings. The largest absolute Gasteiger partial charge is 0.293 e. The molecule has 0 saturated heterocycles. The lowest BCUT2D eigenvalue weighted by atomic mass is 10.2. The normalized spacial score (nSPS) is 20.2. The standard InChI is InChI=1S/C9H17N/c1-4-9-5-6-10(7-9)8(2)3/h5,8H,4,6-7H2,1-3H3.